The number of urea groups is 1. The molecule has 5 N–H and O–H groups in total. The first kappa shape index (κ1) is 24.9. The fourth-order valence-corrected chi connectivity index (χ4v) is 3.74. The van der Waals surface area contributed by atoms with Crippen LogP contribution >= 0.6 is 11.6 Å². The minimum absolute atomic E-state index is 0.00251. The van der Waals surface area contributed by atoms with Crippen molar-refractivity contribution >= 4 is 29.3 Å². The molecule has 0 bridgehead atoms. The summed E-state index contributed by atoms with van der Waals surface area (Å²) in [5.74, 6) is -0.611. The highest BCUT2D eigenvalue weighted by Gasteiger charge is 2.21. The molecule has 0 aliphatic carbocycles. The van der Waals surface area contributed by atoms with Crippen LogP contribution in [0, 0.1) is 13.8 Å². The first-order valence-electron chi connectivity index (χ1n) is 10.6. The van der Waals surface area contributed by atoms with Crippen LogP contribution in [0.1, 0.15) is 40.7 Å². The van der Waals surface area contributed by atoms with E-state index in [0.29, 0.717) is 28.6 Å². The monoisotopic (exact) mass is 483 g/mol. The van der Waals surface area contributed by atoms with Crippen molar-refractivity contribution in [3.63, 3.8) is 0 Å². The van der Waals surface area contributed by atoms with E-state index in [4.69, 9.17) is 17.3 Å². The van der Waals surface area contributed by atoms with Crippen molar-refractivity contribution in [1.29, 1.82) is 0 Å². The Morgan fingerprint density at radius 3 is 2.44 bits per heavy atom. The van der Waals surface area contributed by atoms with Gasteiger partial charge in [0.15, 0.2) is 0 Å². The fraction of sp³-hybridized carbons (Fsp3) is 0.250. The molecule has 2 aromatic carbocycles. The molecule has 0 saturated heterocycles. The summed E-state index contributed by atoms with van der Waals surface area (Å²) in [4.78, 5) is 41.7. The Kier molecular flexibility index (Phi) is 8.04. The van der Waals surface area contributed by atoms with Crippen molar-refractivity contribution in [2.24, 2.45) is 5.73 Å². The largest absolute Gasteiger partial charge is 0.481 e. The van der Waals surface area contributed by atoms with E-state index in [0.717, 1.165) is 11.1 Å². The number of hydrogen-bond acceptors (Lipinski definition) is 5. The van der Waals surface area contributed by atoms with E-state index >= 15 is 0 Å². The molecule has 1 aromatic heterocycles. The van der Waals surface area contributed by atoms with E-state index in [1.807, 2.05) is 6.07 Å². The first-order valence-corrected chi connectivity index (χ1v) is 11.0. The van der Waals surface area contributed by atoms with Gasteiger partial charge in [0.05, 0.1) is 24.7 Å². The molecule has 0 fully saturated rings. The average Bonchev–Trinajstić information content (AvgIpc) is 2.80. The van der Waals surface area contributed by atoms with Crippen LogP contribution in [0.4, 0.5) is 10.5 Å². The summed E-state index contributed by atoms with van der Waals surface area (Å²) in [5.41, 5.74) is 7.73. The van der Waals surface area contributed by atoms with Crippen LogP contribution in [-0.4, -0.2) is 26.7 Å². The van der Waals surface area contributed by atoms with E-state index in [2.05, 4.69) is 15.6 Å². The van der Waals surface area contributed by atoms with Crippen molar-refractivity contribution in [3.05, 3.63) is 92.1 Å². The second-order valence-electron chi connectivity index (χ2n) is 7.80. The number of anilines is 1. The van der Waals surface area contributed by atoms with Crippen molar-refractivity contribution in [3.8, 4) is 0 Å². The highest BCUT2D eigenvalue weighted by molar-refractivity contribution is 6.31. The molecule has 3 rings (SSSR count). The Balaban J connectivity index is 1.85. The number of hydrogen-bond donors (Lipinski definition) is 4. The zero-order valence-electron chi connectivity index (χ0n) is 18.8. The Morgan fingerprint density at radius 1 is 1.15 bits per heavy atom. The number of aliphatic carboxylic acids is 1. The number of carboxylic acids is 1. The molecule has 1 atom stereocenters. The maximum absolute atomic E-state index is 13.2. The summed E-state index contributed by atoms with van der Waals surface area (Å²) in [7, 11) is 0. The van der Waals surface area contributed by atoms with Gasteiger partial charge in [-0.05, 0) is 36.6 Å². The minimum atomic E-state index is -1.08. The van der Waals surface area contributed by atoms with Crippen molar-refractivity contribution < 1.29 is 14.7 Å². The van der Waals surface area contributed by atoms with E-state index in [1.54, 1.807) is 56.3 Å². The number of carbonyl (C=O) groups is 2. The van der Waals surface area contributed by atoms with Crippen LogP contribution < -0.4 is 21.9 Å². The number of nitrogens with two attached hydrogens (primary N) is 1. The SMILES string of the molecule is Cc1nc(C)n(Cc2ccccc2Cl)c(=O)c1NC(=O)NC(CC(=O)O)c1ccc(CN)cc1. The molecule has 0 radical (unpaired) electrons. The summed E-state index contributed by atoms with van der Waals surface area (Å²) in [6.07, 6.45) is -0.336. The second kappa shape index (κ2) is 11.0. The first-order chi connectivity index (χ1) is 16.2. The summed E-state index contributed by atoms with van der Waals surface area (Å²) >= 11 is 6.24. The van der Waals surface area contributed by atoms with Gasteiger partial charge < -0.3 is 21.5 Å². The van der Waals surface area contributed by atoms with Crippen LogP contribution in [0.15, 0.2) is 53.3 Å². The smallest absolute Gasteiger partial charge is 0.319 e. The predicted octanol–water partition coefficient (Wildman–Crippen LogP) is 3.36. The molecular formula is C24H26ClN5O4. The Hall–Kier alpha value is -3.69. The van der Waals surface area contributed by atoms with E-state index in [1.165, 1.54) is 4.57 Å². The van der Waals surface area contributed by atoms with Gasteiger partial charge in [0.2, 0.25) is 0 Å². The van der Waals surface area contributed by atoms with Crippen LogP contribution in [0.5, 0.6) is 0 Å². The number of halogens is 1. The number of benzene rings is 2. The highest BCUT2D eigenvalue weighted by atomic mass is 35.5. The number of amides is 2. The van der Waals surface area contributed by atoms with Gasteiger partial charge in [-0.1, -0.05) is 54.1 Å². The average molecular weight is 484 g/mol. The lowest BCUT2D eigenvalue weighted by Gasteiger charge is -2.19. The van der Waals surface area contributed by atoms with Crippen LogP contribution in [0.25, 0.3) is 0 Å². The zero-order valence-corrected chi connectivity index (χ0v) is 19.6. The molecule has 2 amide bonds. The molecule has 0 saturated carbocycles. The highest BCUT2D eigenvalue weighted by Crippen LogP contribution is 2.19. The minimum Gasteiger partial charge on any atom is -0.481 e. The van der Waals surface area contributed by atoms with Crippen molar-refractivity contribution in [2.75, 3.05) is 5.32 Å². The molecule has 9 nitrogen and oxygen atoms in total. The number of aromatic nitrogens is 2. The summed E-state index contributed by atoms with van der Waals surface area (Å²) in [6, 6.07) is 12.6. The molecule has 10 heteroatoms. The number of aryl methyl sites for hydroxylation is 2. The van der Waals surface area contributed by atoms with Gasteiger partial charge in [-0.25, -0.2) is 9.78 Å². The van der Waals surface area contributed by atoms with Crippen LogP contribution in [-0.2, 0) is 17.9 Å². The lowest BCUT2D eigenvalue weighted by Crippen LogP contribution is -2.37. The molecule has 1 unspecified atom stereocenters. The third-order valence-corrected chi connectivity index (χ3v) is 5.74. The number of nitrogens with one attached hydrogen (secondary N) is 2. The summed E-state index contributed by atoms with van der Waals surface area (Å²) < 4.78 is 1.42. The number of nitrogens with zero attached hydrogens (tertiary/aromatic N) is 2. The summed E-state index contributed by atoms with van der Waals surface area (Å²) in [6.45, 7) is 3.84. The summed E-state index contributed by atoms with van der Waals surface area (Å²) in [5, 5.41) is 15.0. The molecule has 34 heavy (non-hydrogen) atoms. The van der Waals surface area contributed by atoms with Crippen molar-refractivity contribution in [2.45, 2.75) is 39.4 Å². The maximum atomic E-state index is 13.2. The number of rotatable bonds is 8. The second-order valence-corrected chi connectivity index (χ2v) is 8.20. The molecule has 3 aromatic rings. The Bertz CT molecular complexity index is 1260. The van der Waals surface area contributed by atoms with E-state index in [9.17, 15) is 19.5 Å². The van der Waals surface area contributed by atoms with Gasteiger partial charge in [-0.3, -0.25) is 14.2 Å². The van der Waals surface area contributed by atoms with Gasteiger partial charge in [0.25, 0.3) is 5.56 Å². The van der Waals surface area contributed by atoms with Gasteiger partial charge in [0.1, 0.15) is 11.5 Å². The fourth-order valence-electron chi connectivity index (χ4n) is 3.54. The number of carbonyl (C=O) groups excluding carboxylic acids is 1. The molecule has 0 aliphatic heterocycles. The Morgan fingerprint density at radius 2 is 1.82 bits per heavy atom. The third-order valence-electron chi connectivity index (χ3n) is 5.37. The Labute approximate surface area is 201 Å². The molecule has 1 heterocycles. The van der Waals surface area contributed by atoms with Gasteiger partial charge in [-0.15, -0.1) is 0 Å². The zero-order chi connectivity index (χ0) is 24.8. The third kappa shape index (κ3) is 6.00. The van der Waals surface area contributed by atoms with Gasteiger partial charge in [0, 0.05) is 11.6 Å². The maximum Gasteiger partial charge on any atom is 0.319 e. The van der Waals surface area contributed by atoms with Crippen molar-refractivity contribution in [1.82, 2.24) is 14.9 Å². The molecule has 0 aliphatic rings. The number of carboxylic acid groups (broad SMARTS) is 1. The van der Waals surface area contributed by atoms with Gasteiger partial charge >= 0.3 is 12.0 Å². The van der Waals surface area contributed by atoms with E-state index in [-0.39, 0.29) is 18.7 Å². The van der Waals surface area contributed by atoms with Crippen LogP contribution in [0.2, 0.25) is 5.02 Å². The molecule has 0 spiro atoms. The topological polar surface area (TPSA) is 139 Å². The lowest BCUT2D eigenvalue weighted by atomic mass is 10.0. The molecule has 178 valence electrons. The quantitative estimate of drug-likeness (QED) is 0.387. The molecular weight excluding hydrogens is 458 g/mol. The standard InChI is InChI=1S/C24H26ClN5O4/c1-14-22(23(33)30(15(2)27-14)13-18-5-3-4-6-19(18)25)29-24(34)28-20(11-21(31)32)17-9-7-16(12-26)8-10-17/h3-10,20H,11-13,26H2,1-2H3,(H,31,32)(H2,28,29,34). The predicted molar refractivity (Wildman–Crippen MR) is 130 cm³/mol. The van der Waals surface area contributed by atoms with Gasteiger partial charge in [-0.2, -0.15) is 0 Å². The van der Waals surface area contributed by atoms with Crippen LogP contribution in [0.3, 0.4) is 0 Å². The lowest BCUT2D eigenvalue weighted by molar-refractivity contribution is -0.137. The normalized spacial score (nSPS) is 11.6. The van der Waals surface area contributed by atoms with E-state index < -0.39 is 23.6 Å².